The average Bonchev–Trinajstić information content (AvgIpc) is 3.05. The molecule has 0 heterocycles. The molecule has 1 aliphatic carbocycles. The first-order chi connectivity index (χ1) is 12.0. The van der Waals surface area contributed by atoms with E-state index >= 15 is 0 Å². The molecule has 1 rings (SSSR count). The molecule has 1 radical (unpaired) electrons. The van der Waals surface area contributed by atoms with Gasteiger partial charge >= 0.3 is 5.97 Å². The number of hydrogen-bond donors (Lipinski definition) is 3. The Morgan fingerprint density at radius 3 is 2.08 bits per heavy atom. The van der Waals surface area contributed by atoms with Crippen molar-refractivity contribution in [1.82, 2.24) is 0 Å². The van der Waals surface area contributed by atoms with Crippen LogP contribution < -0.4 is 0 Å². The Balaban J connectivity index is -0.000000170. The van der Waals surface area contributed by atoms with Gasteiger partial charge in [0.05, 0.1) is 25.6 Å². The molecule has 0 spiro atoms. The number of carbonyl (C=O) groups excluding carboxylic acids is 2. The zero-order chi connectivity index (χ0) is 20.1. The van der Waals surface area contributed by atoms with Crippen LogP contribution in [-0.4, -0.2) is 54.7 Å². The first-order valence-corrected chi connectivity index (χ1v) is 8.54. The zero-order valence-corrected chi connectivity index (χ0v) is 19.5. The fourth-order valence-electron chi connectivity index (χ4n) is 2.01. The minimum Gasteiger partial charge on any atom is -0.515 e. The second-order valence-corrected chi connectivity index (χ2v) is 4.86. The maximum absolute atomic E-state index is 11.1. The van der Waals surface area contributed by atoms with E-state index in [4.69, 9.17) is 15.3 Å². The molecule has 0 aromatic carbocycles. The van der Waals surface area contributed by atoms with Crippen molar-refractivity contribution in [3.8, 4) is 0 Å². The first-order valence-electron chi connectivity index (χ1n) is 8.54. The number of hydrogen-bond acceptors (Lipinski definition) is 7. The van der Waals surface area contributed by atoms with Crippen LogP contribution in [0.25, 0.3) is 0 Å². The molecule has 2 unspecified atom stereocenters. The summed E-state index contributed by atoms with van der Waals surface area (Å²) in [5.41, 5.74) is 0.364. The number of methoxy groups -OCH3 is 1. The van der Waals surface area contributed by atoms with Crippen molar-refractivity contribution in [2.75, 3.05) is 26.9 Å². The Hall–Kier alpha value is -0.496. The number of ether oxygens (including phenoxy) is 2. The molecule has 26 heavy (non-hydrogen) atoms. The van der Waals surface area contributed by atoms with Crippen molar-refractivity contribution >= 4 is 12.4 Å². The Bertz CT molecular complexity index is 336. The van der Waals surface area contributed by atoms with Gasteiger partial charge in [0.1, 0.15) is 6.61 Å². The van der Waals surface area contributed by atoms with E-state index in [2.05, 4.69) is 22.8 Å². The van der Waals surface area contributed by atoms with Gasteiger partial charge in [-0.25, -0.2) is 4.79 Å². The van der Waals surface area contributed by atoms with Crippen LogP contribution >= 0.6 is 0 Å². The van der Waals surface area contributed by atoms with E-state index < -0.39 is 5.97 Å². The molecular weight excluding hydrogens is 417 g/mol. The van der Waals surface area contributed by atoms with Crippen LogP contribution in [0.2, 0.25) is 0 Å². The topological polar surface area (TPSA) is 113 Å². The zero-order valence-electron chi connectivity index (χ0n) is 16.7. The number of rotatable bonds is 6. The van der Waals surface area contributed by atoms with E-state index in [1.165, 1.54) is 13.5 Å². The molecule has 3 N–H and O–H groups in total. The third-order valence-corrected chi connectivity index (χ3v) is 2.96. The second kappa shape index (κ2) is 26.7. The van der Waals surface area contributed by atoms with Gasteiger partial charge in [-0.15, -0.1) is 0 Å². The number of esters is 1. The summed E-state index contributed by atoms with van der Waals surface area (Å²) in [6.07, 6.45) is 5.96. The maximum Gasteiger partial charge on any atom is 0.336 e. The van der Waals surface area contributed by atoms with Crippen molar-refractivity contribution in [1.29, 1.82) is 0 Å². The molecule has 2 atom stereocenters. The standard InChI is InChI=1S/C11H17O3.C3H6O3.C2H6O.C2H6.Y/c1-8-3-4-9(5-8)6-10(7-12)11(13)14-2;4-1-2-6-3-5;1-2-3;1-2;/h5,7-9,12H,3-4,6H2,1-2H3;3-4H,1-2H2;3H,2H2,1H3;1-2H3;/q-1;;;;/b10-7+;;;;. The molecule has 0 amide bonds. The minimum atomic E-state index is -0.430. The molecule has 0 aromatic rings. The first kappa shape index (κ1) is 33.1. The summed E-state index contributed by atoms with van der Waals surface area (Å²) in [5.74, 6) is 0.598. The van der Waals surface area contributed by atoms with E-state index in [-0.39, 0.29) is 52.5 Å². The van der Waals surface area contributed by atoms with Gasteiger partial charge in [0, 0.05) is 39.3 Å². The van der Waals surface area contributed by atoms with E-state index in [1.54, 1.807) is 6.92 Å². The van der Waals surface area contributed by atoms with E-state index in [0.717, 1.165) is 12.7 Å². The number of aliphatic hydroxyl groups is 3. The number of carbonyl (C=O) groups is 2. The van der Waals surface area contributed by atoms with Crippen molar-refractivity contribution in [3.63, 3.8) is 0 Å². The molecule has 0 saturated heterocycles. The van der Waals surface area contributed by atoms with Crippen molar-refractivity contribution in [2.45, 2.75) is 47.0 Å². The minimum absolute atomic E-state index is 0. The molecule has 1 saturated carbocycles. The Morgan fingerprint density at radius 1 is 1.27 bits per heavy atom. The van der Waals surface area contributed by atoms with E-state index in [1.807, 2.05) is 13.8 Å². The fraction of sp³-hybridized carbons (Fsp3) is 0.722. The summed E-state index contributed by atoms with van der Waals surface area (Å²) < 4.78 is 8.61. The summed E-state index contributed by atoms with van der Waals surface area (Å²) in [6.45, 7) is 8.40. The number of aliphatic hydroxyl groups excluding tert-OH is 3. The molecular formula is C18H35O7Y-. The summed E-state index contributed by atoms with van der Waals surface area (Å²) in [7, 11) is 1.33. The normalized spacial score (nSPS) is 17.6. The quantitative estimate of drug-likeness (QED) is 0.142. The fourth-order valence-corrected chi connectivity index (χ4v) is 2.01. The van der Waals surface area contributed by atoms with Gasteiger partial charge in [0.15, 0.2) is 0 Å². The largest absolute Gasteiger partial charge is 0.515 e. The van der Waals surface area contributed by atoms with Crippen molar-refractivity contribution in [3.05, 3.63) is 18.3 Å². The molecule has 0 aromatic heterocycles. The molecule has 153 valence electrons. The monoisotopic (exact) mass is 452 g/mol. The molecule has 1 aliphatic rings. The van der Waals surface area contributed by atoms with Gasteiger partial charge in [-0.1, -0.05) is 33.6 Å². The average molecular weight is 452 g/mol. The Labute approximate surface area is 183 Å². The van der Waals surface area contributed by atoms with Crippen molar-refractivity contribution in [2.24, 2.45) is 11.8 Å². The molecule has 0 bridgehead atoms. The summed E-state index contributed by atoms with van der Waals surface area (Å²) in [4.78, 5) is 20.4. The van der Waals surface area contributed by atoms with Gasteiger partial charge < -0.3 is 31.2 Å². The van der Waals surface area contributed by atoms with Gasteiger partial charge in [-0.2, -0.15) is 11.8 Å². The summed E-state index contributed by atoms with van der Waals surface area (Å²) in [6, 6.07) is 0. The second-order valence-electron chi connectivity index (χ2n) is 4.86. The van der Waals surface area contributed by atoms with Gasteiger partial charge in [-0.3, -0.25) is 4.79 Å². The van der Waals surface area contributed by atoms with Crippen LogP contribution in [0.1, 0.15) is 47.0 Å². The van der Waals surface area contributed by atoms with Gasteiger partial charge in [0.25, 0.3) is 6.47 Å². The molecule has 1 fully saturated rings. The predicted octanol–water partition coefficient (Wildman–Crippen LogP) is 2.42. The summed E-state index contributed by atoms with van der Waals surface area (Å²) in [5, 5.41) is 24.4. The Kier molecular flexibility index (Phi) is 34.0. The van der Waals surface area contributed by atoms with Crippen LogP contribution in [0.3, 0.4) is 0 Å². The molecule has 8 heteroatoms. The van der Waals surface area contributed by atoms with Gasteiger partial charge in [-0.05, 0) is 13.3 Å². The third-order valence-electron chi connectivity index (χ3n) is 2.96. The molecule has 0 aliphatic heterocycles. The predicted molar refractivity (Wildman–Crippen MR) is 96.7 cm³/mol. The SMILES string of the molecule is CC.CCO.COC(=O)/C(=C/O)CC1[CH-]C(C)CC1.O=COCCO.[Y]. The van der Waals surface area contributed by atoms with Crippen LogP contribution in [0.5, 0.6) is 0 Å². The van der Waals surface area contributed by atoms with Crippen LogP contribution in [0, 0.1) is 18.3 Å². The van der Waals surface area contributed by atoms with E-state index in [0.29, 0.717) is 30.3 Å². The Morgan fingerprint density at radius 2 is 1.81 bits per heavy atom. The summed E-state index contributed by atoms with van der Waals surface area (Å²) >= 11 is 0. The third kappa shape index (κ3) is 21.5. The van der Waals surface area contributed by atoms with Crippen LogP contribution in [0.4, 0.5) is 0 Å². The van der Waals surface area contributed by atoms with E-state index in [9.17, 15) is 9.59 Å². The van der Waals surface area contributed by atoms with Gasteiger partial charge in [0.2, 0.25) is 0 Å². The maximum atomic E-state index is 11.1. The molecule has 7 nitrogen and oxygen atoms in total. The smallest absolute Gasteiger partial charge is 0.336 e. The van der Waals surface area contributed by atoms with Crippen molar-refractivity contribution < 1.29 is 67.1 Å². The van der Waals surface area contributed by atoms with Crippen LogP contribution in [-0.2, 0) is 51.8 Å². The van der Waals surface area contributed by atoms with Crippen LogP contribution in [0.15, 0.2) is 11.8 Å².